The van der Waals surface area contributed by atoms with Crippen LogP contribution in [0.25, 0.3) is 0 Å². The summed E-state index contributed by atoms with van der Waals surface area (Å²) < 4.78 is 32.0. The Morgan fingerprint density at radius 2 is 1.90 bits per heavy atom. The quantitative estimate of drug-likeness (QED) is 0.900. The second-order valence-electron chi connectivity index (χ2n) is 4.07. The van der Waals surface area contributed by atoms with E-state index in [0.29, 0.717) is 0 Å². The molecule has 0 saturated carbocycles. The van der Waals surface area contributed by atoms with Crippen molar-refractivity contribution < 1.29 is 18.3 Å². The molecule has 2 aromatic rings. The van der Waals surface area contributed by atoms with Gasteiger partial charge < -0.3 is 9.84 Å². The molecule has 0 amide bonds. The van der Waals surface area contributed by atoms with Crippen LogP contribution in [0.4, 0.5) is 5.69 Å². The van der Waals surface area contributed by atoms with Gasteiger partial charge in [-0.2, -0.15) is 5.26 Å². The molecule has 108 valence electrons. The van der Waals surface area contributed by atoms with Gasteiger partial charge in [0.15, 0.2) is 0 Å². The Hall–Kier alpha value is -2.72. The molecule has 0 saturated heterocycles. The van der Waals surface area contributed by atoms with E-state index in [4.69, 9.17) is 10.00 Å². The number of phenols is 1. The van der Waals surface area contributed by atoms with E-state index in [1.807, 2.05) is 6.07 Å². The number of nitrogens with one attached hydrogen (secondary N) is 1. The van der Waals surface area contributed by atoms with Crippen molar-refractivity contribution >= 4 is 15.7 Å². The van der Waals surface area contributed by atoms with Crippen molar-refractivity contribution in [2.75, 3.05) is 11.8 Å². The summed E-state index contributed by atoms with van der Waals surface area (Å²) in [7, 11) is -2.67. The van der Waals surface area contributed by atoms with Gasteiger partial charge >= 0.3 is 0 Å². The Labute approximate surface area is 122 Å². The molecule has 0 heterocycles. The Morgan fingerprint density at radius 1 is 1.19 bits per heavy atom. The predicted molar refractivity (Wildman–Crippen MR) is 76.6 cm³/mol. The van der Waals surface area contributed by atoms with Gasteiger partial charge in [0.05, 0.1) is 12.7 Å². The Balaban J connectivity index is 2.52. The summed E-state index contributed by atoms with van der Waals surface area (Å²) in [4.78, 5) is -0.278. The van der Waals surface area contributed by atoms with Crippen LogP contribution in [0.5, 0.6) is 11.5 Å². The standard InChI is InChI=1S/C14H12N2O4S/c1-20-12-7-4-5-10(9-15)14(12)16-21(18,19)13-8-3-2-6-11(13)17/h2-8,16-17H,1H3. The zero-order valence-electron chi connectivity index (χ0n) is 11.1. The lowest BCUT2D eigenvalue weighted by molar-refractivity contribution is 0.416. The number of anilines is 1. The van der Waals surface area contributed by atoms with E-state index in [1.54, 1.807) is 6.07 Å². The van der Waals surface area contributed by atoms with Gasteiger partial charge in [0.25, 0.3) is 10.0 Å². The average molecular weight is 304 g/mol. The van der Waals surface area contributed by atoms with Crippen LogP contribution in [0, 0.1) is 11.3 Å². The number of methoxy groups -OCH3 is 1. The van der Waals surface area contributed by atoms with Crippen molar-refractivity contribution in [1.29, 1.82) is 5.26 Å². The van der Waals surface area contributed by atoms with Crippen LogP contribution < -0.4 is 9.46 Å². The summed E-state index contributed by atoms with van der Waals surface area (Å²) in [5, 5.41) is 18.7. The molecule has 7 heteroatoms. The molecule has 0 radical (unpaired) electrons. The third kappa shape index (κ3) is 2.90. The lowest BCUT2D eigenvalue weighted by Crippen LogP contribution is -2.14. The Bertz CT molecular complexity index is 810. The zero-order chi connectivity index (χ0) is 15.5. The molecular weight excluding hydrogens is 292 g/mol. The van der Waals surface area contributed by atoms with Crippen LogP contribution in [-0.4, -0.2) is 20.6 Å². The van der Waals surface area contributed by atoms with Gasteiger partial charge in [0, 0.05) is 0 Å². The first-order valence-electron chi connectivity index (χ1n) is 5.87. The molecule has 21 heavy (non-hydrogen) atoms. The molecular formula is C14H12N2O4S. The van der Waals surface area contributed by atoms with E-state index in [1.165, 1.54) is 43.5 Å². The Kier molecular flexibility index (Phi) is 4.00. The first-order chi connectivity index (χ1) is 9.99. The molecule has 0 aliphatic heterocycles. The fourth-order valence-electron chi connectivity index (χ4n) is 1.77. The highest BCUT2D eigenvalue weighted by molar-refractivity contribution is 7.92. The normalized spacial score (nSPS) is 10.7. The highest BCUT2D eigenvalue weighted by Crippen LogP contribution is 2.31. The SMILES string of the molecule is COc1cccc(C#N)c1NS(=O)(=O)c1ccccc1O. The molecule has 2 N–H and O–H groups in total. The van der Waals surface area contributed by atoms with E-state index in [2.05, 4.69) is 4.72 Å². The maximum Gasteiger partial charge on any atom is 0.265 e. The first-order valence-corrected chi connectivity index (χ1v) is 7.36. The predicted octanol–water partition coefficient (Wildman–Crippen LogP) is 2.07. The van der Waals surface area contributed by atoms with E-state index in [9.17, 15) is 13.5 Å². The van der Waals surface area contributed by atoms with Crippen molar-refractivity contribution in [2.45, 2.75) is 4.90 Å². The molecule has 0 atom stereocenters. The van der Waals surface area contributed by atoms with Gasteiger partial charge in [-0.1, -0.05) is 18.2 Å². The van der Waals surface area contributed by atoms with Gasteiger partial charge in [-0.25, -0.2) is 8.42 Å². The van der Waals surface area contributed by atoms with Crippen molar-refractivity contribution in [3.8, 4) is 17.6 Å². The summed E-state index contributed by atoms with van der Waals surface area (Å²) in [5.41, 5.74) is 0.152. The lowest BCUT2D eigenvalue weighted by atomic mass is 10.2. The van der Waals surface area contributed by atoms with Crippen LogP contribution in [0.3, 0.4) is 0 Å². The van der Waals surface area contributed by atoms with Gasteiger partial charge in [-0.05, 0) is 24.3 Å². The van der Waals surface area contributed by atoms with E-state index in [0.717, 1.165) is 0 Å². The monoisotopic (exact) mass is 304 g/mol. The minimum absolute atomic E-state index is 0.0331. The number of hydrogen-bond donors (Lipinski definition) is 2. The largest absolute Gasteiger partial charge is 0.507 e. The number of ether oxygens (including phenoxy) is 1. The first kappa shape index (κ1) is 14.7. The number of para-hydroxylation sites is 2. The van der Waals surface area contributed by atoms with Crippen LogP contribution in [0.1, 0.15) is 5.56 Å². The number of phenolic OH excluding ortho intramolecular Hbond substituents is 1. The maximum absolute atomic E-state index is 12.3. The van der Waals surface area contributed by atoms with E-state index >= 15 is 0 Å². The molecule has 0 aliphatic carbocycles. The van der Waals surface area contributed by atoms with Crippen LogP contribution in [-0.2, 0) is 10.0 Å². The molecule has 0 fully saturated rings. The smallest absolute Gasteiger partial charge is 0.265 e. The maximum atomic E-state index is 12.3. The summed E-state index contributed by atoms with van der Waals surface area (Å²) >= 11 is 0. The minimum atomic E-state index is -4.04. The van der Waals surface area contributed by atoms with Crippen LogP contribution in [0.2, 0.25) is 0 Å². The topological polar surface area (TPSA) is 99.4 Å². The van der Waals surface area contributed by atoms with Gasteiger partial charge in [-0.3, -0.25) is 4.72 Å². The zero-order valence-corrected chi connectivity index (χ0v) is 11.9. The van der Waals surface area contributed by atoms with Crippen molar-refractivity contribution in [3.05, 3.63) is 48.0 Å². The van der Waals surface area contributed by atoms with Crippen LogP contribution in [0.15, 0.2) is 47.4 Å². The van der Waals surface area contributed by atoms with Crippen LogP contribution >= 0.6 is 0 Å². The third-order valence-corrected chi connectivity index (χ3v) is 4.15. The number of hydrogen-bond acceptors (Lipinski definition) is 5. The molecule has 0 spiro atoms. The number of rotatable bonds is 4. The number of benzene rings is 2. The van der Waals surface area contributed by atoms with E-state index < -0.39 is 10.0 Å². The number of sulfonamides is 1. The number of nitrogens with zero attached hydrogens (tertiary/aromatic N) is 1. The second-order valence-corrected chi connectivity index (χ2v) is 5.72. The summed E-state index contributed by atoms with van der Waals surface area (Å²) in [5.74, 6) is -0.161. The van der Waals surface area contributed by atoms with Crippen molar-refractivity contribution in [2.24, 2.45) is 0 Å². The Morgan fingerprint density at radius 3 is 2.52 bits per heavy atom. The highest BCUT2D eigenvalue weighted by atomic mass is 32.2. The van der Waals surface area contributed by atoms with Crippen molar-refractivity contribution in [3.63, 3.8) is 0 Å². The lowest BCUT2D eigenvalue weighted by Gasteiger charge is -2.13. The summed E-state index contributed by atoms with van der Waals surface area (Å²) in [6, 6.07) is 12.0. The van der Waals surface area contributed by atoms with Gasteiger partial charge in [-0.15, -0.1) is 0 Å². The molecule has 0 aromatic heterocycles. The molecule has 0 aliphatic rings. The van der Waals surface area contributed by atoms with Crippen molar-refractivity contribution in [1.82, 2.24) is 0 Å². The molecule has 0 bridgehead atoms. The molecule has 6 nitrogen and oxygen atoms in total. The molecule has 2 aromatic carbocycles. The fourth-order valence-corrected chi connectivity index (χ4v) is 2.96. The second kappa shape index (κ2) is 5.73. The summed E-state index contributed by atoms with van der Waals surface area (Å²) in [6.07, 6.45) is 0. The van der Waals surface area contributed by atoms with Gasteiger partial charge in [0.2, 0.25) is 0 Å². The minimum Gasteiger partial charge on any atom is -0.507 e. The van der Waals surface area contributed by atoms with E-state index in [-0.39, 0.29) is 27.6 Å². The summed E-state index contributed by atoms with van der Waals surface area (Å²) in [6.45, 7) is 0. The van der Waals surface area contributed by atoms with Gasteiger partial charge in [0.1, 0.15) is 28.2 Å². The highest BCUT2D eigenvalue weighted by Gasteiger charge is 2.21. The molecule has 0 unspecified atom stereocenters. The average Bonchev–Trinajstić information content (AvgIpc) is 2.47. The molecule has 2 rings (SSSR count). The fraction of sp³-hybridized carbons (Fsp3) is 0.0714. The number of aromatic hydroxyl groups is 1. The third-order valence-electron chi connectivity index (χ3n) is 2.76. The number of nitriles is 1.